The largest absolute Gasteiger partial charge is 0.369 e. The minimum Gasteiger partial charge on any atom is -0.369 e. The highest BCUT2D eigenvalue weighted by atomic mass is 35.5. The molecule has 5 heteroatoms. The van der Waals surface area contributed by atoms with E-state index in [2.05, 4.69) is 53.4 Å². The Morgan fingerprint density at radius 2 is 1.90 bits per heavy atom. The van der Waals surface area contributed by atoms with Crippen molar-refractivity contribution >= 4 is 29.2 Å². The molecule has 0 amide bonds. The van der Waals surface area contributed by atoms with E-state index in [0.29, 0.717) is 10.3 Å². The summed E-state index contributed by atoms with van der Waals surface area (Å²) in [6.07, 6.45) is 1.93. The fourth-order valence-electron chi connectivity index (χ4n) is 1.88. The van der Waals surface area contributed by atoms with Crippen LogP contribution in [0.5, 0.6) is 0 Å². The molecular formula is C15H18ClN3S. The van der Waals surface area contributed by atoms with Crippen LogP contribution < -0.4 is 5.32 Å². The summed E-state index contributed by atoms with van der Waals surface area (Å²) >= 11 is 7.47. The van der Waals surface area contributed by atoms with Crippen molar-refractivity contribution in [2.24, 2.45) is 0 Å². The Morgan fingerprint density at radius 3 is 2.55 bits per heavy atom. The first-order valence-electron chi connectivity index (χ1n) is 6.39. The average Bonchev–Trinajstić information content (AvgIpc) is 2.45. The van der Waals surface area contributed by atoms with Crippen LogP contribution in [0.1, 0.15) is 19.4 Å². The molecule has 106 valence electrons. The van der Waals surface area contributed by atoms with Crippen LogP contribution in [-0.4, -0.2) is 22.8 Å². The second-order valence-corrected chi connectivity index (χ2v) is 6.33. The van der Waals surface area contributed by atoms with Gasteiger partial charge in [0.05, 0.1) is 0 Å². The maximum absolute atomic E-state index is 5.99. The topological polar surface area (TPSA) is 37.8 Å². The Morgan fingerprint density at radius 1 is 1.20 bits per heavy atom. The van der Waals surface area contributed by atoms with Crippen LogP contribution in [0, 0.1) is 0 Å². The zero-order valence-electron chi connectivity index (χ0n) is 11.9. The van der Waals surface area contributed by atoms with Crippen LogP contribution in [0.25, 0.3) is 0 Å². The number of aromatic nitrogens is 2. The molecule has 1 aromatic heterocycles. The summed E-state index contributed by atoms with van der Waals surface area (Å²) < 4.78 is 0. The molecule has 0 saturated heterocycles. The molecule has 0 aliphatic heterocycles. The third-order valence-corrected chi connectivity index (χ3v) is 3.87. The number of rotatable bonds is 5. The van der Waals surface area contributed by atoms with Gasteiger partial charge in [0.25, 0.3) is 0 Å². The molecule has 1 aromatic carbocycles. The summed E-state index contributed by atoms with van der Waals surface area (Å²) in [5.41, 5.74) is 1.30. The lowest BCUT2D eigenvalue weighted by Crippen LogP contribution is -2.27. The van der Waals surface area contributed by atoms with Gasteiger partial charge in [0.2, 0.25) is 0 Å². The van der Waals surface area contributed by atoms with Gasteiger partial charge in [-0.05, 0) is 11.8 Å². The molecule has 0 fully saturated rings. The summed E-state index contributed by atoms with van der Waals surface area (Å²) in [5, 5.41) is 4.49. The molecule has 0 aliphatic rings. The third kappa shape index (κ3) is 3.87. The summed E-state index contributed by atoms with van der Waals surface area (Å²) in [6.45, 7) is 5.18. The lowest BCUT2D eigenvalue weighted by Gasteiger charge is -2.26. The molecule has 0 atom stereocenters. The molecule has 0 saturated carbocycles. The van der Waals surface area contributed by atoms with E-state index < -0.39 is 0 Å². The first kappa shape index (κ1) is 15.1. The number of hydrogen-bond acceptors (Lipinski definition) is 4. The molecule has 0 bridgehead atoms. The van der Waals surface area contributed by atoms with E-state index in [1.165, 1.54) is 17.3 Å². The molecule has 1 heterocycles. The van der Waals surface area contributed by atoms with Crippen LogP contribution in [0.3, 0.4) is 0 Å². The standard InChI is InChI=1S/C15H18ClN3S/c1-15(2,11-7-5-4-6-8-11)10-17-13-9-12(16)18-14(19-13)20-3/h4-9H,10H2,1-3H3,(H,17,18,19). The molecule has 1 N–H and O–H groups in total. The van der Waals surface area contributed by atoms with E-state index in [-0.39, 0.29) is 5.41 Å². The SMILES string of the molecule is CSc1nc(Cl)cc(NCC(C)(C)c2ccccc2)n1. The summed E-state index contributed by atoms with van der Waals surface area (Å²) in [5.74, 6) is 0.762. The average molecular weight is 308 g/mol. The first-order valence-corrected chi connectivity index (χ1v) is 7.99. The van der Waals surface area contributed by atoms with Crippen LogP contribution in [0.15, 0.2) is 41.6 Å². The normalized spacial score (nSPS) is 11.4. The van der Waals surface area contributed by atoms with Crippen molar-refractivity contribution in [2.75, 3.05) is 18.1 Å². The van der Waals surface area contributed by atoms with Gasteiger partial charge in [-0.15, -0.1) is 0 Å². The van der Waals surface area contributed by atoms with Crippen molar-refractivity contribution in [1.29, 1.82) is 0 Å². The molecule has 0 unspecified atom stereocenters. The number of halogens is 1. The molecule has 2 rings (SSSR count). The van der Waals surface area contributed by atoms with Crippen molar-refractivity contribution in [3.05, 3.63) is 47.1 Å². The van der Waals surface area contributed by atoms with Crippen molar-refractivity contribution in [2.45, 2.75) is 24.4 Å². The van der Waals surface area contributed by atoms with Gasteiger partial charge in [0, 0.05) is 18.0 Å². The Bertz CT molecular complexity index is 573. The van der Waals surface area contributed by atoms with Crippen molar-refractivity contribution < 1.29 is 0 Å². The molecular weight excluding hydrogens is 290 g/mol. The quantitative estimate of drug-likeness (QED) is 0.509. The second-order valence-electron chi connectivity index (χ2n) is 5.17. The zero-order valence-corrected chi connectivity index (χ0v) is 13.4. The summed E-state index contributed by atoms with van der Waals surface area (Å²) in [7, 11) is 0. The zero-order chi connectivity index (χ0) is 14.6. The van der Waals surface area contributed by atoms with E-state index >= 15 is 0 Å². The Kier molecular flexibility index (Phi) is 4.89. The van der Waals surface area contributed by atoms with Crippen LogP contribution in [0.4, 0.5) is 5.82 Å². The van der Waals surface area contributed by atoms with Gasteiger partial charge in [-0.3, -0.25) is 0 Å². The maximum Gasteiger partial charge on any atom is 0.190 e. The van der Waals surface area contributed by atoms with Crippen LogP contribution >= 0.6 is 23.4 Å². The van der Waals surface area contributed by atoms with Crippen molar-refractivity contribution in [1.82, 2.24) is 9.97 Å². The summed E-state index contributed by atoms with van der Waals surface area (Å²) in [6, 6.07) is 12.2. The predicted molar refractivity (Wildman–Crippen MR) is 86.8 cm³/mol. The Labute approximate surface area is 129 Å². The van der Waals surface area contributed by atoms with Gasteiger partial charge in [0.1, 0.15) is 11.0 Å². The van der Waals surface area contributed by atoms with Crippen LogP contribution in [-0.2, 0) is 5.41 Å². The lowest BCUT2D eigenvalue weighted by molar-refractivity contribution is 0.555. The molecule has 2 aromatic rings. The first-order chi connectivity index (χ1) is 9.51. The van der Waals surface area contributed by atoms with Gasteiger partial charge in [-0.2, -0.15) is 0 Å². The van der Waals surface area contributed by atoms with E-state index in [4.69, 9.17) is 11.6 Å². The minimum absolute atomic E-state index is 0.0121. The fourth-order valence-corrected chi connectivity index (χ4v) is 2.49. The third-order valence-electron chi connectivity index (χ3n) is 3.12. The molecule has 0 aliphatic carbocycles. The van der Waals surface area contributed by atoms with Crippen molar-refractivity contribution in [3.63, 3.8) is 0 Å². The lowest BCUT2D eigenvalue weighted by atomic mass is 9.85. The highest BCUT2D eigenvalue weighted by molar-refractivity contribution is 7.98. The molecule has 0 spiro atoms. The van der Waals surface area contributed by atoms with Gasteiger partial charge in [0.15, 0.2) is 5.16 Å². The van der Waals surface area contributed by atoms with Crippen LogP contribution in [0.2, 0.25) is 5.15 Å². The van der Waals surface area contributed by atoms with Gasteiger partial charge < -0.3 is 5.32 Å². The smallest absolute Gasteiger partial charge is 0.190 e. The number of hydrogen-bond donors (Lipinski definition) is 1. The van der Waals surface area contributed by atoms with Gasteiger partial charge in [-0.25, -0.2) is 9.97 Å². The number of nitrogens with zero attached hydrogens (tertiary/aromatic N) is 2. The highest BCUT2D eigenvalue weighted by Gasteiger charge is 2.20. The molecule has 20 heavy (non-hydrogen) atoms. The maximum atomic E-state index is 5.99. The van der Waals surface area contributed by atoms with E-state index in [9.17, 15) is 0 Å². The van der Waals surface area contributed by atoms with E-state index in [1.807, 2.05) is 12.3 Å². The minimum atomic E-state index is 0.0121. The summed E-state index contributed by atoms with van der Waals surface area (Å²) in [4.78, 5) is 8.54. The Balaban J connectivity index is 2.10. The second kappa shape index (κ2) is 6.46. The number of anilines is 1. The van der Waals surface area contributed by atoms with E-state index in [0.717, 1.165) is 12.4 Å². The molecule has 0 radical (unpaired) electrons. The number of benzene rings is 1. The predicted octanol–water partition coefficient (Wildman–Crippen LogP) is 4.24. The van der Waals surface area contributed by atoms with Gasteiger partial charge >= 0.3 is 0 Å². The molecule has 3 nitrogen and oxygen atoms in total. The number of nitrogens with one attached hydrogen (secondary N) is 1. The van der Waals surface area contributed by atoms with Crippen molar-refractivity contribution in [3.8, 4) is 0 Å². The fraction of sp³-hybridized carbons (Fsp3) is 0.333. The highest BCUT2D eigenvalue weighted by Crippen LogP contribution is 2.24. The van der Waals surface area contributed by atoms with Gasteiger partial charge in [-0.1, -0.05) is 67.5 Å². The monoisotopic (exact) mass is 307 g/mol. The number of thioether (sulfide) groups is 1. The Hall–Kier alpha value is -1.26. The van der Waals surface area contributed by atoms with E-state index in [1.54, 1.807) is 6.07 Å².